The predicted molar refractivity (Wildman–Crippen MR) is 64.4 cm³/mol. The van der Waals surface area contributed by atoms with E-state index in [-0.39, 0.29) is 11.6 Å². The number of likely N-dealkylation sites (N-methyl/N-ethyl adjacent to an activating group) is 1. The lowest BCUT2D eigenvalue weighted by Crippen LogP contribution is -2.28. The van der Waals surface area contributed by atoms with Crippen LogP contribution in [0.1, 0.15) is 5.56 Å². The summed E-state index contributed by atoms with van der Waals surface area (Å²) in [5.74, 6) is -0.212. The van der Waals surface area contributed by atoms with Gasteiger partial charge in [-0.2, -0.15) is 10.1 Å². The number of rotatable bonds is 1. The molecule has 0 saturated carbocycles. The van der Waals surface area contributed by atoms with Gasteiger partial charge in [0, 0.05) is 12.6 Å². The quantitative estimate of drug-likeness (QED) is 0.735. The van der Waals surface area contributed by atoms with Crippen LogP contribution < -0.4 is 4.90 Å². The first kappa shape index (κ1) is 10.8. The van der Waals surface area contributed by atoms with Crippen LogP contribution in [0.5, 0.6) is 0 Å². The molecule has 0 bridgehead atoms. The number of hydrogen-bond acceptors (Lipinski definition) is 4. The first-order valence-electron chi connectivity index (χ1n) is 5.59. The maximum atomic E-state index is 12.1. The first-order chi connectivity index (χ1) is 8.68. The molecule has 0 unspecified atom stereocenters. The van der Waals surface area contributed by atoms with Crippen LogP contribution in [0.25, 0.3) is 0 Å². The third-order valence-corrected chi connectivity index (χ3v) is 2.99. The van der Waals surface area contributed by atoms with Crippen molar-refractivity contribution in [3.8, 4) is 0 Å². The topological polar surface area (TPSA) is 62.2 Å². The number of hydrazone groups is 1. The first-order valence-corrected chi connectivity index (χ1v) is 5.59. The van der Waals surface area contributed by atoms with E-state index < -0.39 is 6.09 Å². The number of ether oxygens (including phenoxy) is 1. The maximum absolute atomic E-state index is 12.1. The zero-order chi connectivity index (χ0) is 12.7. The molecule has 0 atom stereocenters. The number of nitrogens with zero attached hydrogens (tertiary/aromatic N) is 3. The highest BCUT2D eigenvalue weighted by molar-refractivity contribution is 6.54. The fourth-order valence-electron chi connectivity index (χ4n) is 2.04. The number of carbonyl (C=O) groups is 2. The molecule has 92 valence electrons. The molecule has 0 aliphatic carbocycles. The summed E-state index contributed by atoms with van der Waals surface area (Å²) in [5, 5.41) is 5.30. The van der Waals surface area contributed by atoms with Gasteiger partial charge >= 0.3 is 6.09 Å². The molecule has 2 heterocycles. The molecule has 1 aromatic carbocycles. The second kappa shape index (κ2) is 3.83. The SMILES string of the molecule is CN1C(=O)/C(=N/N2CCOC2=O)c2ccccc21. The van der Waals surface area contributed by atoms with Crippen molar-refractivity contribution in [3.63, 3.8) is 0 Å². The Labute approximate surface area is 103 Å². The Morgan fingerprint density at radius 2 is 2.06 bits per heavy atom. The van der Waals surface area contributed by atoms with E-state index in [9.17, 15) is 9.59 Å². The van der Waals surface area contributed by atoms with E-state index in [2.05, 4.69) is 5.10 Å². The Balaban J connectivity index is 2.05. The van der Waals surface area contributed by atoms with Gasteiger partial charge in [0.2, 0.25) is 0 Å². The molecule has 0 aromatic heterocycles. The highest BCUT2D eigenvalue weighted by Gasteiger charge is 2.33. The van der Waals surface area contributed by atoms with Gasteiger partial charge in [-0.15, -0.1) is 0 Å². The van der Waals surface area contributed by atoms with Crippen LogP contribution in [0.3, 0.4) is 0 Å². The van der Waals surface area contributed by atoms with E-state index in [0.29, 0.717) is 13.2 Å². The van der Waals surface area contributed by atoms with Crippen LogP contribution in [0, 0.1) is 0 Å². The van der Waals surface area contributed by atoms with Crippen LogP contribution in [0.4, 0.5) is 10.5 Å². The van der Waals surface area contributed by atoms with Crippen LogP contribution in [0.2, 0.25) is 0 Å². The molecule has 1 fully saturated rings. The molecule has 6 nitrogen and oxygen atoms in total. The molecule has 2 aliphatic heterocycles. The minimum Gasteiger partial charge on any atom is -0.446 e. The number of para-hydroxylation sites is 1. The largest absolute Gasteiger partial charge is 0.446 e. The van der Waals surface area contributed by atoms with Gasteiger partial charge in [-0.25, -0.2) is 4.79 Å². The van der Waals surface area contributed by atoms with Gasteiger partial charge in [0.05, 0.1) is 12.2 Å². The molecule has 0 spiro atoms. The van der Waals surface area contributed by atoms with Crippen molar-refractivity contribution in [2.45, 2.75) is 0 Å². The zero-order valence-corrected chi connectivity index (χ0v) is 9.79. The number of benzene rings is 1. The molecule has 1 saturated heterocycles. The summed E-state index contributed by atoms with van der Waals surface area (Å²) >= 11 is 0. The second-order valence-corrected chi connectivity index (χ2v) is 4.07. The normalized spacial score (nSPS) is 20.6. The van der Waals surface area contributed by atoms with Gasteiger partial charge in [-0.1, -0.05) is 18.2 Å². The van der Waals surface area contributed by atoms with E-state index in [1.807, 2.05) is 24.3 Å². The Bertz CT molecular complexity index is 567. The summed E-state index contributed by atoms with van der Waals surface area (Å²) in [7, 11) is 1.69. The number of fused-ring (bicyclic) bond motifs is 1. The van der Waals surface area contributed by atoms with Crippen LogP contribution >= 0.6 is 0 Å². The fourth-order valence-corrected chi connectivity index (χ4v) is 2.04. The lowest BCUT2D eigenvalue weighted by atomic mass is 10.1. The van der Waals surface area contributed by atoms with Crippen LogP contribution in [0.15, 0.2) is 29.4 Å². The van der Waals surface area contributed by atoms with Crippen molar-refractivity contribution in [2.24, 2.45) is 5.10 Å². The molecule has 18 heavy (non-hydrogen) atoms. The lowest BCUT2D eigenvalue weighted by molar-refractivity contribution is -0.112. The van der Waals surface area contributed by atoms with Gasteiger partial charge < -0.3 is 9.64 Å². The molecular weight excluding hydrogens is 234 g/mol. The molecule has 2 aliphatic rings. The smallest absolute Gasteiger partial charge is 0.430 e. The molecule has 0 radical (unpaired) electrons. The third kappa shape index (κ3) is 1.46. The molecule has 3 rings (SSSR count). The number of anilines is 1. The van der Waals surface area contributed by atoms with E-state index in [1.165, 1.54) is 9.91 Å². The van der Waals surface area contributed by atoms with Crippen molar-refractivity contribution in [1.82, 2.24) is 5.01 Å². The number of carbonyl (C=O) groups excluding carboxylic acids is 2. The van der Waals surface area contributed by atoms with Crippen LogP contribution in [-0.4, -0.2) is 42.9 Å². The summed E-state index contributed by atoms with van der Waals surface area (Å²) in [5.41, 5.74) is 1.82. The Kier molecular flexibility index (Phi) is 2.29. The van der Waals surface area contributed by atoms with E-state index in [4.69, 9.17) is 4.74 Å². The van der Waals surface area contributed by atoms with Crippen molar-refractivity contribution in [1.29, 1.82) is 0 Å². The van der Waals surface area contributed by atoms with Gasteiger partial charge in [0.15, 0.2) is 5.71 Å². The minimum absolute atomic E-state index is 0.212. The monoisotopic (exact) mass is 245 g/mol. The predicted octanol–water partition coefficient (Wildman–Crippen LogP) is 0.819. The molecular formula is C12H11N3O3. The zero-order valence-electron chi connectivity index (χ0n) is 9.79. The number of amides is 2. The average molecular weight is 245 g/mol. The standard InChI is InChI=1S/C12H11N3O3/c1-14-9-5-3-2-4-8(9)10(11(14)16)13-15-6-7-18-12(15)17/h2-5H,6-7H2,1H3/b13-10+. The van der Waals surface area contributed by atoms with E-state index in [0.717, 1.165) is 11.3 Å². The molecule has 2 amide bonds. The second-order valence-electron chi connectivity index (χ2n) is 4.07. The molecule has 1 aromatic rings. The maximum Gasteiger partial charge on any atom is 0.430 e. The van der Waals surface area contributed by atoms with E-state index >= 15 is 0 Å². The van der Waals surface area contributed by atoms with Gasteiger partial charge in [0.25, 0.3) is 5.91 Å². The summed E-state index contributed by atoms with van der Waals surface area (Å²) < 4.78 is 4.78. The summed E-state index contributed by atoms with van der Waals surface area (Å²) in [4.78, 5) is 24.9. The van der Waals surface area contributed by atoms with E-state index in [1.54, 1.807) is 7.05 Å². The van der Waals surface area contributed by atoms with Crippen molar-refractivity contribution in [3.05, 3.63) is 29.8 Å². The number of cyclic esters (lactones) is 1. The summed E-state index contributed by atoms with van der Waals surface area (Å²) in [6.45, 7) is 0.683. The highest BCUT2D eigenvalue weighted by Crippen LogP contribution is 2.28. The summed E-state index contributed by atoms with van der Waals surface area (Å²) in [6.07, 6.45) is -0.512. The van der Waals surface area contributed by atoms with Gasteiger partial charge in [-0.05, 0) is 6.07 Å². The minimum atomic E-state index is -0.512. The third-order valence-electron chi connectivity index (χ3n) is 2.99. The van der Waals surface area contributed by atoms with Crippen molar-refractivity contribution < 1.29 is 14.3 Å². The Morgan fingerprint density at radius 3 is 2.78 bits per heavy atom. The van der Waals surface area contributed by atoms with Crippen LogP contribution in [-0.2, 0) is 9.53 Å². The fraction of sp³-hybridized carbons (Fsp3) is 0.250. The Hall–Kier alpha value is -2.37. The highest BCUT2D eigenvalue weighted by atomic mass is 16.6. The molecule has 6 heteroatoms. The lowest BCUT2D eigenvalue weighted by Gasteiger charge is -2.08. The number of hydrogen-bond donors (Lipinski definition) is 0. The van der Waals surface area contributed by atoms with Crippen molar-refractivity contribution in [2.75, 3.05) is 25.1 Å². The summed E-state index contributed by atoms with van der Waals surface area (Å²) in [6, 6.07) is 7.35. The van der Waals surface area contributed by atoms with Gasteiger partial charge in [0.1, 0.15) is 6.61 Å². The molecule has 0 N–H and O–H groups in total. The Morgan fingerprint density at radius 1 is 1.28 bits per heavy atom. The van der Waals surface area contributed by atoms with Gasteiger partial charge in [-0.3, -0.25) is 4.79 Å². The van der Waals surface area contributed by atoms with Crippen molar-refractivity contribution >= 4 is 23.4 Å². The average Bonchev–Trinajstić information content (AvgIpc) is 2.88.